The summed E-state index contributed by atoms with van der Waals surface area (Å²) in [4.78, 5) is 15.0. The second-order valence-corrected chi connectivity index (χ2v) is 9.59. The van der Waals surface area contributed by atoms with Crippen molar-refractivity contribution in [3.63, 3.8) is 0 Å². The molecule has 0 bridgehead atoms. The van der Waals surface area contributed by atoms with E-state index < -0.39 is 0 Å². The molecule has 8 atom stereocenters. The molecule has 4 heteroatoms. The SMILES string of the molecule is CC1CN(CCC[C@@H]2[C@H]3CCCC[C@@H]3C[C@@H]3C(=O)O[C@@H](C)[C@H]23)CC(C)O1. The van der Waals surface area contributed by atoms with Crippen molar-refractivity contribution < 1.29 is 14.3 Å². The fourth-order valence-corrected chi connectivity index (χ4v) is 6.86. The molecule has 26 heavy (non-hydrogen) atoms. The number of hydrogen-bond donors (Lipinski definition) is 0. The first kappa shape index (κ1) is 18.7. The first-order valence-electron chi connectivity index (χ1n) is 11.1. The van der Waals surface area contributed by atoms with Crippen molar-refractivity contribution in [2.24, 2.45) is 29.6 Å². The lowest BCUT2D eigenvalue weighted by Crippen LogP contribution is -2.46. The summed E-state index contributed by atoms with van der Waals surface area (Å²) in [6.07, 6.45) is 9.91. The molecule has 2 aliphatic carbocycles. The zero-order valence-electron chi connectivity index (χ0n) is 16.9. The molecule has 4 aliphatic rings. The first-order chi connectivity index (χ1) is 12.5. The van der Waals surface area contributed by atoms with Gasteiger partial charge >= 0.3 is 5.97 Å². The summed E-state index contributed by atoms with van der Waals surface area (Å²) < 4.78 is 11.6. The van der Waals surface area contributed by atoms with Crippen LogP contribution in [0.15, 0.2) is 0 Å². The minimum absolute atomic E-state index is 0.104. The van der Waals surface area contributed by atoms with Gasteiger partial charge in [0.1, 0.15) is 6.10 Å². The maximum absolute atomic E-state index is 12.4. The zero-order chi connectivity index (χ0) is 18.3. The highest BCUT2D eigenvalue weighted by Crippen LogP contribution is 2.54. The van der Waals surface area contributed by atoms with Gasteiger partial charge in [0.15, 0.2) is 0 Å². The van der Waals surface area contributed by atoms with Crippen LogP contribution in [-0.2, 0) is 14.3 Å². The highest BCUT2D eigenvalue weighted by molar-refractivity contribution is 5.75. The van der Waals surface area contributed by atoms with E-state index in [0.717, 1.165) is 31.3 Å². The number of nitrogens with zero attached hydrogens (tertiary/aromatic N) is 1. The van der Waals surface area contributed by atoms with Crippen LogP contribution >= 0.6 is 0 Å². The van der Waals surface area contributed by atoms with E-state index in [9.17, 15) is 4.79 Å². The van der Waals surface area contributed by atoms with Gasteiger partial charge in [-0.15, -0.1) is 0 Å². The van der Waals surface area contributed by atoms with Crippen molar-refractivity contribution in [1.82, 2.24) is 4.90 Å². The van der Waals surface area contributed by atoms with Crippen LogP contribution in [0, 0.1) is 29.6 Å². The zero-order valence-corrected chi connectivity index (χ0v) is 16.9. The molecule has 2 saturated carbocycles. The molecular formula is C22H37NO3. The number of hydrogen-bond acceptors (Lipinski definition) is 4. The average Bonchev–Trinajstić information content (AvgIpc) is 2.87. The highest BCUT2D eigenvalue weighted by Gasteiger charge is 2.54. The van der Waals surface area contributed by atoms with E-state index in [0.29, 0.717) is 24.0 Å². The summed E-state index contributed by atoms with van der Waals surface area (Å²) in [7, 11) is 0. The number of carbonyl (C=O) groups excluding carboxylic acids is 1. The summed E-state index contributed by atoms with van der Waals surface area (Å²) in [6.45, 7) is 9.81. The Balaban J connectivity index is 1.40. The van der Waals surface area contributed by atoms with E-state index in [1.54, 1.807) is 0 Å². The predicted octanol–water partition coefficient (Wildman–Crippen LogP) is 3.88. The van der Waals surface area contributed by atoms with E-state index in [1.807, 2.05) is 0 Å². The van der Waals surface area contributed by atoms with Gasteiger partial charge < -0.3 is 9.47 Å². The molecule has 0 aromatic rings. The maximum atomic E-state index is 12.4. The third kappa shape index (κ3) is 3.69. The number of morpholine rings is 1. The van der Waals surface area contributed by atoms with Crippen molar-refractivity contribution >= 4 is 5.97 Å². The topological polar surface area (TPSA) is 38.8 Å². The van der Waals surface area contributed by atoms with Crippen LogP contribution in [0.2, 0.25) is 0 Å². The third-order valence-corrected chi connectivity index (χ3v) is 7.69. The monoisotopic (exact) mass is 363 g/mol. The molecule has 2 saturated heterocycles. The Morgan fingerprint density at radius 1 is 1.08 bits per heavy atom. The Morgan fingerprint density at radius 2 is 1.81 bits per heavy atom. The summed E-state index contributed by atoms with van der Waals surface area (Å²) >= 11 is 0. The van der Waals surface area contributed by atoms with E-state index in [2.05, 4.69) is 25.7 Å². The molecule has 2 unspecified atom stereocenters. The van der Waals surface area contributed by atoms with Crippen molar-refractivity contribution in [3.05, 3.63) is 0 Å². The van der Waals surface area contributed by atoms with Gasteiger partial charge in [-0.2, -0.15) is 0 Å². The molecule has 4 nitrogen and oxygen atoms in total. The Morgan fingerprint density at radius 3 is 2.58 bits per heavy atom. The van der Waals surface area contributed by atoms with Crippen LogP contribution < -0.4 is 0 Å². The largest absolute Gasteiger partial charge is 0.462 e. The van der Waals surface area contributed by atoms with Crippen LogP contribution in [0.5, 0.6) is 0 Å². The second kappa shape index (κ2) is 7.79. The maximum Gasteiger partial charge on any atom is 0.309 e. The van der Waals surface area contributed by atoms with Crippen molar-refractivity contribution in [2.45, 2.75) is 84.0 Å². The summed E-state index contributed by atoms with van der Waals surface area (Å²) in [5.74, 6) is 3.08. The van der Waals surface area contributed by atoms with Crippen LogP contribution in [0.4, 0.5) is 0 Å². The molecule has 4 fully saturated rings. The number of esters is 1. The minimum atomic E-state index is 0.104. The van der Waals surface area contributed by atoms with Gasteiger partial charge in [-0.1, -0.05) is 19.3 Å². The lowest BCUT2D eigenvalue weighted by atomic mass is 9.56. The van der Waals surface area contributed by atoms with Crippen molar-refractivity contribution in [1.29, 1.82) is 0 Å². The van der Waals surface area contributed by atoms with Crippen LogP contribution in [0.1, 0.15) is 65.7 Å². The number of ether oxygens (including phenoxy) is 2. The predicted molar refractivity (Wildman–Crippen MR) is 102 cm³/mol. The number of rotatable bonds is 4. The normalized spacial score (nSPS) is 46.5. The standard InChI is InChI=1S/C22H37NO3/c1-14-12-23(13-15(2)25-14)10-6-9-19-18-8-5-4-7-17(18)11-20-21(19)16(3)26-22(20)24/h14-21H,4-13H2,1-3H3/t14?,15?,16-,17+,18-,19+,20-,21+/m0/s1. The highest BCUT2D eigenvalue weighted by atomic mass is 16.6. The average molecular weight is 364 g/mol. The summed E-state index contributed by atoms with van der Waals surface area (Å²) in [5.41, 5.74) is 0. The number of carbonyl (C=O) groups is 1. The fourth-order valence-electron chi connectivity index (χ4n) is 6.86. The molecule has 0 aromatic heterocycles. The lowest BCUT2D eigenvalue weighted by Gasteiger charge is -2.47. The molecule has 4 rings (SSSR count). The molecule has 148 valence electrons. The first-order valence-corrected chi connectivity index (χ1v) is 11.1. The van der Waals surface area contributed by atoms with E-state index in [-0.39, 0.29) is 18.0 Å². The van der Waals surface area contributed by atoms with Crippen molar-refractivity contribution in [3.8, 4) is 0 Å². The molecular weight excluding hydrogens is 326 g/mol. The van der Waals surface area contributed by atoms with Gasteiger partial charge in [0, 0.05) is 19.0 Å². The van der Waals surface area contributed by atoms with Crippen molar-refractivity contribution in [2.75, 3.05) is 19.6 Å². The molecule has 0 radical (unpaired) electrons. The van der Waals surface area contributed by atoms with Gasteiger partial charge in [0.25, 0.3) is 0 Å². The summed E-state index contributed by atoms with van der Waals surface area (Å²) in [6, 6.07) is 0. The molecule has 0 aromatic carbocycles. The smallest absolute Gasteiger partial charge is 0.309 e. The number of fused-ring (bicyclic) bond motifs is 2. The lowest BCUT2D eigenvalue weighted by molar-refractivity contribution is -0.144. The van der Waals surface area contributed by atoms with Gasteiger partial charge in [-0.25, -0.2) is 0 Å². The Bertz CT molecular complexity index is 500. The molecule has 0 spiro atoms. The van der Waals surface area contributed by atoms with Gasteiger partial charge in [-0.05, 0) is 70.8 Å². The van der Waals surface area contributed by atoms with Gasteiger partial charge in [-0.3, -0.25) is 9.69 Å². The van der Waals surface area contributed by atoms with Crippen LogP contribution in [-0.4, -0.2) is 48.8 Å². The number of cyclic esters (lactones) is 1. The minimum Gasteiger partial charge on any atom is -0.462 e. The third-order valence-electron chi connectivity index (χ3n) is 7.69. The molecule has 2 aliphatic heterocycles. The second-order valence-electron chi connectivity index (χ2n) is 9.59. The Labute approximate surface area is 159 Å². The Kier molecular flexibility index (Phi) is 5.61. The quantitative estimate of drug-likeness (QED) is 0.711. The summed E-state index contributed by atoms with van der Waals surface area (Å²) in [5, 5.41) is 0. The van der Waals surface area contributed by atoms with Gasteiger partial charge in [0.05, 0.1) is 18.1 Å². The molecule has 0 amide bonds. The Hall–Kier alpha value is -0.610. The van der Waals surface area contributed by atoms with Gasteiger partial charge in [0.2, 0.25) is 0 Å². The van der Waals surface area contributed by atoms with E-state index >= 15 is 0 Å². The fraction of sp³-hybridized carbons (Fsp3) is 0.955. The van der Waals surface area contributed by atoms with Crippen LogP contribution in [0.25, 0.3) is 0 Å². The van der Waals surface area contributed by atoms with E-state index in [4.69, 9.17) is 9.47 Å². The van der Waals surface area contributed by atoms with Crippen LogP contribution in [0.3, 0.4) is 0 Å². The molecule has 2 heterocycles. The molecule has 0 N–H and O–H groups in total. The van der Waals surface area contributed by atoms with E-state index in [1.165, 1.54) is 45.1 Å².